The molecule has 3 aromatic rings. The van der Waals surface area contributed by atoms with Gasteiger partial charge in [-0.05, 0) is 68.2 Å². The van der Waals surface area contributed by atoms with Crippen molar-refractivity contribution < 1.29 is 22.7 Å². The van der Waals surface area contributed by atoms with Crippen LogP contribution in [0.2, 0.25) is 0 Å². The molecule has 9 heteroatoms. The molecule has 1 fully saturated rings. The number of likely N-dealkylation sites (tertiary alicyclic amines) is 1. The topological polar surface area (TPSA) is 58.6 Å². The van der Waals surface area contributed by atoms with Crippen molar-refractivity contribution in [1.82, 2.24) is 14.9 Å². The molecule has 188 valence electrons. The van der Waals surface area contributed by atoms with Crippen LogP contribution in [0.5, 0.6) is 5.75 Å². The van der Waals surface area contributed by atoms with Crippen LogP contribution < -0.4 is 9.64 Å². The third kappa shape index (κ3) is 4.80. The summed E-state index contributed by atoms with van der Waals surface area (Å²) in [5, 5.41) is 0. The fraction of sp³-hybridized carbons (Fsp3) is 0.370. The second-order valence-corrected chi connectivity index (χ2v) is 9.42. The number of carbonyl (C=O) groups is 1. The second-order valence-electron chi connectivity index (χ2n) is 9.42. The lowest BCUT2D eigenvalue weighted by Gasteiger charge is -2.29. The van der Waals surface area contributed by atoms with Gasteiger partial charge in [0.1, 0.15) is 23.9 Å². The van der Waals surface area contributed by atoms with Gasteiger partial charge in [-0.15, -0.1) is 0 Å². The third-order valence-electron chi connectivity index (χ3n) is 6.91. The summed E-state index contributed by atoms with van der Waals surface area (Å²) in [5.74, 6) is -1.55. The summed E-state index contributed by atoms with van der Waals surface area (Å²) >= 11 is 0. The first-order valence-corrected chi connectivity index (χ1v) is 12.0. The van der Waals surface area contributed by atoms with Gasteiger partial charge in [0.2, 0.25) is 5.91 Å². The highest BCUT2D eigenvalue weighted by molar-refractivity contribution is 5.94. The lowest BCUT2D eigenvalue weighted by Crippen LogP contribution is -2.36. The molecule has 6 nitrogen and oxygen atoms in total. The van der Waals surface area contributed by atoms with Crippen LogP contribution >= 0.6 is 0 Å². The van der Waals surface area contributed by atoms with E-state index < -0.39 is 11.6 Å². The lowest BCUT2D eigenvalue weighted by molar-refractivity contribution is -0.116. The Hall–Kier alpha value is -3.46. The van der Waals surface area contributed by atoms with Gasteiger partial charge >= 0.3 is 0 Å². The van der Waals surface area contributed by atoms with E-state index in [4.69, 9.17) is 4.74 Å². The van der Waals surface area contributed by atoms with E-state index in [0.717, 1.165) is 38.2 Å². The maximum atomic E-state index is 14.9. The van der Waals surface area contributed by atoms with Crippen LogP contribution in [-0.4, -0.2) is 54.1 Å². The molecule has 1 aromatic heterocycles. The molecule has 0 N–H and O–H groups in total. The fourth-order valence-electron chi connectivity index (χ4n) is 4.95. The molecule has 1 amide bonds. The lowest BCUT2D eigenvalue weighted by atomic mass is 9.88. The number of hydrogen-bond acceptors (Lipinski definition) is 5. The number of fused-ring (bicyclic) bond motifs is 1. The Morgan fingerprint density at radius 1 is 1.06 bits per heavy atom. The average molecular weight is 497 g/mol. The molecule has 0 atom stereocenters. The number of anilines is 1. The molecule has 2 aliphatic heterocycles. The Labute approximate surface area is 207 Å². The van der Waals surface area contributed by atoms with E-state index in [2.05, 4.69) is 21.9 Å². The van der Waals surface area contributed by atoms with Crippen molar-refractivity contribution in [3.8, 4) is 17.0 Å². The predicted octanol–water partition coefficient (Wildman–Crippen LogP) is 4.71. The summed E-state index contributed by atoms with van der Waals surface area (Å²) in [6.07, 6.45) is 3.05. The number of amides is 1. The zero-order chi connectivity index (χ0) is 25.4. The Bertz CT molecular complexity index is 1310. The van der Waals surface area contributed by atoms with Crippen LogP contribution in [-0.2, 0) is 11.2 Å². The summed E-state index contributed by atoms with van der Waals surface area (Å²) in [5.41, 5.74) is 1.67. The van der Waals surface area contributed by atoms with Gasteiger partial charge in [-0.2, -0.15) is 0 Å². The van der Waals surface area contributed by atoms with E-state index in [0.29, 0.717) is 11.1 Å². The number of nitrogens with zero attached hydrogens (tertiary/aromatic N) is 4. The van der Waals surface area contributed by atoms with E-state index in [-0.39, 0.29) is 65.7 Å². The van der Waals surface area contributed by atoms with Crippen molar-refractivity contribution in [2.45, 2.75) is 32.1 Å². The monoisotopic (exact) mass is 496 g/mol. The van der Waals surface area contributed by atoms with Crippen LogP contribution in [0.25, 0.3) is 11.3 Å². The first kappa shape index (κ1) is 24.2. The third-order valence-corrected chi connectivity index (χ3v) is 6.91. The van der Waals surface area contributed by atoms with Crippen LogP contribution in [0.15, 0.2) is 36.5 Å². The molecule has 0 radical (unpaired) electrons. The van der Waals surface area contributed by atoms with Crippen LogP contribution in [0.1, 0.15) is 42.6 Å². The molecule has 5 rings (SSSR count). The van der Waals surface area contributed by atoms with Gasteiger partial charge in [0.05, 0.1) is 18.4 Å². The maximum Gasteiger partial charge on any atom is 0.224 e. The summed E-state index contributed by atoms with van der Waals surface area (Å²) in [6, 6.07) is 7.78. The Morgan fingerprint density at radius 3 is 2.56 bits per heavy atom. The minimum Gasteiger partial charge on any atom is -0.486 e. The molecule has 0 saturated carbocycles. The van der Waals surface area contributed by atoms with E-state index in [1.54, 1.807) is 0 Å². The first-order chi connectivity index (χ1) is 17.3. The van der Waals surface area contributed by atoms with Gasteiger partial charge in [-0.1, -0.05) is 12.1 Å². The fourth-order valence-corrected chi connectivity index (χ4v) is 4.95. The van der Waals surface area contributed by atoms with E-state index in [9.17, 15) is 18.0 Å². The summed E-state index contributed by atoms with van der Waals surface area (Å²) in [4.78, 5) is 24.0. The Balaban J connectivity index is 1.42. The standard InChI is InChI=1S/C27H27F3N4O2/c1-16(35)34-9-10-36-27-22(29)13-19(14-24(27)34)26-23(30)15-31-25(32-26)12-17-3-4-20(21(28)11-17)18-5-7-33(2)8-6-18/h3-4,11,13-15,18H,5-10,12H2,1-2H3. The summed E-state index contributed by atoms with van der Waals surface area (Å²) in [6.45, 7) is 3.69. The van der Waals surface area contributed by atoms with Crippen LogP contribution in [0, 0.1) is 17.5 Å². The number of benzene rings is 2. The number of hydrogen-bond donors (Lipinski definition) is 0. The molecule has 2 aromatic carbocycles. The summed E-state index contributed by atoms with van der Waals surface area (Å²) < 4.78 is 49.9. The van der Waals surface area contributed by atoms with Crippen molar-refractivity contribution in [1.29, 1.82) is 0 Å². The molecule has 0 unspecified atom stereocenters. The summed E-state index contributed by atoms with van der Waals surface area (Å²) in [7, 11) is 2.07. The highest BCUT2D eigenvalue weighted by atomic mass is 19.1. The minimum atomic E-state index is -0.729. The van der Waals surface area contributed by atoms with Crippen molar-refractivity contribution >= 4 is 11.6 Å². The quantitative estimate of drug-likeness (QED) is 0.524. The number of rotatable bonds is 4. The van der Waals surface area contributed by atoms with Gasteiger partial charge in [0.15, 0.2) is 17.4 Å². The number of piperidine rings is 1. The van der Waals surface area contributed by atoms with Crippen molar-refractivity contribution in [2.24, 2.45) is 0 Å². The molecule has 2 aliphatic rings. The highest BCUT2D eigenvalue weighted by Gasteiger charge is 2.26. The molecule has 1 saturated heterocycles. The normalized spacial score (nSPS) is 16.5. The molecule has 0 bridgehead atoms. The van der Waals surface area contributed by atoms with Gasteiger partial charge in [0, 0.05) is 18.9 Å². The Kier molecular flexibility index (Phi) is 6.66. The number of ether oxygens (including phenoxy) is 1. The Morgan fingerprint density at radius 2 is 1.83 bits per heavy atom. The molecule has 36 heavy (non-hydrogen) atoms. The van der Waals surface area contributed by atoms with E-state index in [1.165, 1.54) is 24.0 Å². The van der Waals surface area contributed by atoms with E-state index >= 15 is 0 Å². The SMILES string of the molecule is CC(=O)N1CCOc2c(F)cc(-c3nc(Cc4ccc(C5CCN(C)CC5)c(F)c4)ncc3F)cc21. The maximum absolute atomic E-state index is 14.9. The average Bonchev–Trinajstić information content (AvgIpc) is 2.85. The van der Waals surface area contributed by atoms with Crippen LogP contribution in [0.4, 0.5) is 18.9 Å². The number of halogens is 3. The van der Waals surface area contributed by atoms with Gasteiger partial charge in [0.25, 0.3) is 0 Å². The first-order valence-electron chi connectivity index (χ1n) is 12.0. The van der Waals surface area contributed by atoms with E-state index in [1.807, 2.05) is 12.1 Å². The predicted molar refractivity (Wildman–Crippen MR) is 130 cm³/mol. The van der Waals surface area contributed by atoms with Gasteiger partial charge in [-0.3, -0.25) is 4.79 Å². The molecule has 0 spiro atoms. The van der Waals surface area contributed by atoms with Gasteiger partial charge in [-0.25, -0.2) is 23.1 Å². The second kappa shape index (κ2) is 9.89. The molecule has 3 heterocycles. The molecular formula is C27H27F3N4O2. The number of aromatic nitrogens is 2. The minimum absolute atomic E-state index is 0.0462. The molecular weight excluding hydrogens is 469 g/mol. The van der Waals surface area contributed by atoms with Gasteiger partial charge < -0.3 is 14.5 Å². The van der Waals surface area contributed by atoms with Crippen LogP contribution in [0.3, 0.4) is 0 Å². The highest BCUT2D eigenvalue weighted by Crippen LogP contribution is 2.38. The van der Waals surface area contributed by atoms with Crippen molar-refractivity contribution in [3.63, 3.8) is 0 Å². The zero-order valence-corrected chi connectivity index (χ0v) is 20.2. The van der Waals surface area contributed by atoms with Crippen molar-refractivity contribution in [2.75, 3.05) is 38.2 Å². The number of carbonyl (C=O) groups excluding carboxylic acids is 1. The van der Waals surface area contributed by atoms with Crippen molar-refractivity contribution in [3.05, 3.63) is 70.9 Å². The largest absolute Gasteiger partial charge is 0.486 e. The zero-order valence-electron chi connectivity index (χ0n) is 20.2. The smallest absolute Gasteiger partial charge is 0.224 e. The molecule has 0 aliphatic carbocycles.